The molecule has 25 heavy (non-hydrogen) atoms. The van der Waals surface area contributed by atoms with Crippen LogP contribution in [0.5, 0.6) is 11.5 Å². The number of benzene rings is 1. The molecule has 0 bridgehead atoms. The molecule has 0 amide bonds. The standard InChI is InChI=1S/C21H27NO2S/c1-23-20-10-8-16-17-6-3-12-22(13-11-15-5-4-14-25-15)19(17)9-7-18(16)21(20)24-2/h4-5,8,10,14,17,19H,3,6-7,9,11-13H2,1-2H3/t17-,19-/m0/s1. The Morgan fingerprint density at radius 3 is 2.84 bits per heavy atom. The van der Waals surface area contributed by atoms with E-state index in [1.54, 1.807) is 14.2 Å². The fourth-order valence-corrected chi connectivity index (χ4v) is 5.46. The zero-order valence-electron chi connectivity index (χ0n) is 15.2. The highest BCUT2D eigenvalue weighted by molar-refractivity contribution is 7.09. The molecule has 1 saturated heterocycles. The average Bonchev–Trinajstić information content (AvgIpc) is 3.18. The molecule has 1 aliphatic carbocycles. The predicted octanol–water partition coefficient (Wildman–Crippen LogP) is 4.50. The van der Waals surface area contributed by atoms with E-state index in [-0.39, 0.29) is 0 Å². The highest BCUT2D eigenvalue weighted by atomic mass is 32.1. The van der Waals surface area contributed by atoms with Crippen molar-refractivity contribution >= 4 is 11.3 Å². The summed E-state index contributed by atoms with van der Waals surface area (Å²) in [6.07, 6.45) is 6.08. The number of ether oxygens (including phenoxy) is 2. The van der Waals surface area contributed by atoms with Gasteiger partial charge < -0.3 is 9.47 Å². The molecule has 0 unspecified atom stereocenters. The summed E-state index contributed by atoms with van der Waals surface area (Å²) < 4.78 is 11.2. The highest BCUT2D eigenvalue weighted by Crippen LogP contribution is 2.46. The minimum Gasteiger partial charge on any atom is -0.493 e. The van der Waals surface area contributed by atoms with Crippen molar-refractivity contribution in [1.29, 1.82) is 0 Å². The van der Waals surface area contributed by atoms with Crippen LogP contribution >= 0.6 is 11.3 Å². The topological polar surface area (TPSA) is 21.7 Å². The van der Waals surface area contributed by atoms with Gasteiger partial charge >= 0.3 is 0 Å². The molecule has 4 rings (SSSR count). The van der Waals surface area contributed by atoms with Gasteiger partial charge in [-0.1, -0.05) is 12.1 Å². The molecule has 1 aliphatic heterocycles. The summed E-state index contributed by atoms with van der Waals surface area (Å²) in [6, 6.07) is 9.48. The van der Waals surface area contributed by atoms with Crippen LogP contribution in [0.2, 0.25) is 0 Å². The minimum atomic E-state index is 0.639. The molecule has 2 heterocycles. The molecule has 0 N–H and O–H groups in total. The third-order valence-corrected chi connectivity index (χ3v) is 6.83. The van der Waals surface area contributed by atoms with Crippen LogP contribution in [-0.2, 0) is 12.8 Å². The van der Waals surface area contributed by atoms with Gasteiger partial charge in [-0.05, 0) is 67.6 Å². The van der Waals surface area contributed by atoms with Gasteiger partial charge in [-0.3, -0.25) is 4.90 Å². The van der Waals surface area contributed by atoms with Gasteiger partial charge in [0.05, 0.1) is 14.2 Å². The van der Waals surface area contributed by atoms with E-state index in [1.165, 1.54) is 54.8 Å². The van der Waals surface area contributed by atoms with Crippen molar-refractivity contribution < 1.29 is 9.47 Å². The molecule has 134 valence electrons. The molecular weight excluding hydrogens is 330 g/mol. The first-order valence-electron chi connectivity index (χ1n) is 9.32. The van der Waals surface area contributed by atoms with E-state index < -0.39 is 0 Å². The van der Waals surface area contributed by atoms with Gasteiger partial charge in [-0.15, -0.1) is 11.3 Å². The first-order valence-corrected chi connectivity index (χ1v) is 10.2. The van der Waals surface area contributed by atoms with E-state index in [1.807, 2.05) is 11.3 Å². The van der Waals surface area contributed by atoms with Crippen LogP contribution in [-0.4, -0.2) is 38.3 Å². The molecule has 4 heteroatoms. The Morgan fingerprint density at radius 1 is 1.16 bits per heavy atom. The first-order chi connectivity index (χ1) is 12.3. The lowest BCUT2D eigenvalue weighted by molar-refractivity contribution is 0.113. The number of hydrogen-bond donors (Lipinski definition) is 0. The molecule has 2 aliphatic rings. The summed E-state index contributed by atoms with van der Waals surface area (Å²) >= 11 is 1.88. The van der Waals surface area contributed by atoms with Crippen LogP contribution in [0.1, 0.15) is 41.2 Å². The van der Waals surface area contributed by atoms with Crippen LogP contribution in [0.25, 0.3) is 0 Å². The van der Waals surface area contributed by atoms with Gasteiger partial charge in [0, 0.05) is 23.0 Å². The highest BCUT2D eigenvalue weighted by Gasteiger charge is 2.37. The third kappa shape index (κ3) is 3.18. The summed E-state index contributed by atoms with van der Waals surface area (Å²) in [5.74, 6) is 2.46. The lowest BCUT2D eigenvalue weighted by Gasteiger charge is -2.45. The predicted molar refractivity (Wildman–Crippen MR) is 103 cm³/mol. The van der Waals surface area contributed by atoms with Crippen LogP contribution in [0.3, 0.4) is 0 Å². The SMILES string of the molecule is COc1ccc2c(c1OC)CC[C@H]1[C@H]2CCCN1CCc1cccs1. The Labute approximate surface area is 154 Å². The number of fused-ring (bicyclic) bond motifs is 3. The second kappa shape index (κ2) is 7.38. The maximum absolute atomic E-state index is 5.70. The largest absolute Gasteiger partial charge is 0.493 e. The van der Waals surface area contributed by atoms with Crippen LogP contribution in [0, 0.1) is 0 Å². The van der Waals surface area contributed by atoms with Crippen molar-refractivity contribution in [3.05, 3.63) is 45.6 Å². The van der Waals surface area contributed by atoms with Crippen molar-refractivity contribution in [2.75, 3.05) is 27.3 Å². The van der Waals surface area contributed by atoms with E-state index in [2.05, 4.69) is 34.5 Å². The fourth-order valence-electron chi connectivity index (χ4n) is 4.76. The quantitative estimate of drug-likeness (QED) is 0.786. The minimum absolute atomic E-state index is 0.639. The Morgan fingerprint density at radius 2 is 2.08 bits per heavy atom. The molecule has 0 spiro atoms. The molecule has 3 nitrogen and oxygen atoms in total. The number of hydrogen-bond acceptors (Lipinski definition) is 4. The smallest absolute Gasteiger partial charge is 0.164 e. The second-order valence-corrected chi connectivity index (χ2v) is 8.12. The van der Waals surface area contributed by atoms with Crippen LogP contribution in [0.15, 0.2) is 29.6 Å². The Hall–Kier alpha value is -1.52. The van der Waals surface area contributed by atoms with E-state index in [0.717, 1.165) is 17.9 Å². The van der Waals surface area contributed by atoms with E-state index in [4.69, 9.17) is 9.47 Å². The Bertz CT molecular complexity index is 713. The van der Waals surface area contributed by atoms with Crippen molar-refractivity contribution in [2.45, 2.75) is 44.1 Å². The van der Waals surface area contributed by atoms with Gasteiger partial charge in [-0.25, -0.2) is 0 Å². The Kier molecular flexibility index (Phi) is 5.00. The molecule has 1 aromatic heterocycles. The maximum Gasteiger partial charge on any atom is 0.164 e. The van der Waals surface area contributed by atoms with Gasteiger partial charge in [0.15, 0.2) is 11.5 Å². The molecule has 2 atom stereocenters. The average molecular weight is 358 g/mol. The second-order valence-electron chi connectivity index (χ2n) is 7.09. The fraction of sp³-hybridized carbons (Fsp3) is 0.524. The van der Waals surface area contributed by atoms with E-state index >= 15 is 0 Å². The number of methoxy groups -OCH3 is 2. The lowest BCUT2D eigenvalue weighted by Crippen LogP contribution is -2.47. The maximum atomic E-state index is 5.70. The monoisotopic (exact) mass is 357 g/mol. The van der Waals surface area contributed by atoms with Gasteiger partial charge in [-0.2, -0.15) is 0 Å². The van der Waals surface area contributed by atoms with Crippen molar-refractivity contribution in [1.82, 2.24) is 4.90 Å². The molecule has 0 saturated carbocycles. The molecule has 1 aromatic carbocycles. The molecule has 1 fully saturated rings. The summed E-state index contributed by atoms with van der Waals surface area (Å²) in [5, 5.41) is 2.19. The normalized spacial score (nSPS) is 23.0. The summed E-state index contributed by atoms with van der Waals surface area (Å²) in [7, 11) is 3.49. The number of rotatable bonds is 5. The molecule has 0 radical (unpaired) electrons. The van der Waals surface area contributed by atoms with Gasteiger partial charge in [0.2, 0.25) is 0 Å². The number of thiophene rings is 1. The summed E-state index contributed by atoms with van der Waals surface area (Å²) in [4.78, 5) is 4.25. The number of likely N-dealkylation sites (tertiary alicyclic amines) is 1. The summed E-state index contributed by atoms with van der Waals surface area (Å²) in [6.45, 7) is 2.43. The Balaban J connectivity index is 1.56. The number of nitrogens with zero attached hydrogens (tertiary/aromatic N) is 1. The van der Waals surface area contributed by atoms with Gasteiger partial charge in [0.1, 0.15) is 0 Å². The molecular formula is C21H27NO2S. The zero-order valence-corrected chi connectivity index (χ0v) is 16.0. The van der Waals surface area contributed by atoms with Crippen molar-refractivity contribution in [3.63, 3.8) is 0 Å². The van der Waals surface area contributed by atoms with E-state index in [9.17, 15) is 0 Å². The number of piperidine rings is 1. The van der Waals surface area contributed by atoms with Crippen LogP contribution in [0.4, 0.5) is 0 Å². The van der Waals surface area contributed by atoms with Crippen molar-refractivity contribution in [3.8, 4) is 11.5 Å². The van der Waals surface area contributed by atoms with Crippen LogP contribution < -0.4 is 9.47 Å². The van der Waals surface area contributed by atoms with E-state index in [0.29, 0.717) is 12.0 Å². The molecule has 2 aromatic rings. The zero-order chi connectivity index (χ0) is 17.2. The third-order valence-electron chi connectivity index (χ3n) is 5.89. The first kappa shape index (κ1) is 16.9. The van der Waals surface area contributed by atoms with Crippen molar-refractivity contribution in [2.24, 2.45) is 0 Å². The lowest BCUT2D eigenvalue weighted by atomic mass is 9.74. The van der Waals surface area contributed by atoms with Gasteiger partial charge in [0.25, 0.3) is 0 Å². The summed E-state index contributed by atoms with van der Waals surface area (Å²) in [5.41, 5.74) is 2.87.